The number of unbranched alkanes of at least 4 members (excludes halogenated alkanes) is 4. The van der Waals surface area contributed by atoms with E-state index in [2.05, 4.69) is 62.4 Å². The summed E-state index contributed by atoms with van der Waals surface area (Å²) in [6.07, 6.45) is 7.35. The first-order chi connectivity index (χ1) is 18.0. The molecule has 4 rings (SSSR count). The standard InChI is InChI=1S/C33H38N2O2/c1-3-4-5-6-7-24-33(2,25-8-16-29(17-9-25)36-31-20-12-27(34)13-21-31)26-10-18-30(19-11-26)37-32-22-14-28(35)15-23-32/h8-23H,3-7,24,34-35H2,1-2H3. The molecule has 37 heavy (non-hydrogen) atoms. The topological polar surface area (TPSA) is 70.5 Å². The number of benzene rings is 4. The molecule has 0 aliphatic rings. The predicted molar refractivity (Wildman–Crippen MR) is 155 cm³/mol. The average Bonchev–Trinajstić information content (AvgIpc) is 2.92. The van der Waals surface area contributed by atoms with Crippen molar-refractivity contribution in [3.63, 3.8) is 0 Å². The minimum atomic E-state index is -0.119. The first kappa shape index (κ1) is 26.2. The van der Waals surface area contributed by atoms with Gasteiger partial charge in [-0.1, -0.05) is 70.2 Å². The highest BCUT2D eigenvalue weighted by Gasteiger charge is 2.28. The van der Waals surface area contributed by atoms with Crippen LogP contribution in [0.3, 0.4) is 0 Å². The molecule has 0 saturated heterocycles. The monoisotopic (exact) mass is 494 g/mol. The van der Waals surface area contributed by atoms with Crippen LogP contribution in [-0.4, -0.2) is 0 Å². The Hall–Kier alpha value is -3.92. The number of hydrogen-bond donors (Lipinski definition) is 2. The highest BCUT2D eigenvalue weighted by Crippen LogP contribution is 2.39. The van der Waals surface area contributed by atoms with E-state index in [0.717, 1.165) is 40.8 Å². The molecule has 4 heteroatoms. The quantitative estimate of drug-likeness (QED) is 0.152. The van der Waals surface area contributed by atoms with Gasteiger partial charge >= 0.3 is 0 Å². The number of rotatable bonds is 12. The lowest BCUT2D eigenvalue weighted by molar-refractivity contribution is 0.465. The zero-order valence-corrected chi connectivity index (χ0v) is 22.0. The summed E-state index contributed by atoms with van der Waals surface area (Å²) in [7, 11) is 0. The van der Waals surface area contributed by atoms with E-state index in [1.807, 2.05) is 48.5 Å². The lowest BCUT2D eigenvalue weighted by atomic mass is 9.72. The van der Waals surface area contributed by atoms with Gasteiger partial charge in [0.25, 0.3) is 0 Å². The van der Waals surface area contributed by atoms with Gasteiger partial charge in [-0.05, 0) is 90.3 Å². The maximum absolute atomic E-state index is 6.03. The van der Waals surface area contributed by atoms with Crippen LogP contribution >= 0.6 is 0 Å². The third-order valence-corrected chi connectivity index (χ3v) is 6.99. The number of anilines is 2. The van der Waals surface area contributed by atoms with Crippen molar-refractivity contribution in [1.82, 2.24) is 0 Å². The summed E-state index contributed by atoms with van der Waals surface area (Å²) in [4.78, 5) is 0. The van der Waals surface area contributed by atoms with Crippen LogP contribution in [0.5, 0.6) is 23.0 Å². The van der Waals surface area contributed by atoms with Gasteiger partial charge in [0, 0.05) is 16.8 Å². The number of nitrogens with two attached hydrogens (primary N) is 2. The molecule has 0 heterocycles. The van der Waals surface area contributed by atoms with Crippen molar-refractivity contribution in [2.45, 2.75) is 57.8 Å². The van der Waals surface area contributed by atoms with Gasteiger partial charge in [0.15, 0.2) is 0 Å². The molecule has 0 unspecified atom stereocenters. The highest BCUT2D eigenvalue weighted by atomic mass is 16.5. The fourth-order valence-corrected chi connectivity index (χ4v) is 4.66. The van der Waals surface area contributed by atoms with Crippen molar-refractivity contribution in [1.29, 1.82) is 0 Å². The fourth-order valence-electron chi connectivity index (χ4n) is 4.66. The molecule has 0 fully saturated rings. The van der Waals surface area contributed by atoms with Crippen molar-refractivity contribution in [2.24, 2.45) is 0 Å². The molecule has 192 valence electrons. The Morgan fingerprint density at radius 3 is 1.24 bits per heavy atom. The lowest BCUT2D eigenvalue weighted by Crippen LogP contribution is -2.23. The fraction of sp³-hybridized carbons (Fsp3) is 0.273. The van der Waals surface area contributed by atoms with E-state index in [-0.39, 0.29) is 5.41 Å². The van der Waals surface area contributed by atoms with Crippen molar-refractivity contribution >= 4 is 11.4 Å². The van der Waals surface area contributed by atoms with Crippen LogP contribution in [0.2, 0.25) is 0 Å². The van der Waals surface area contributed by atoms with E-state index in [1.165, 1.54) is 43.2 Å². The van der Waals surface area contributed by atoms with Crippen LogP contribution in [0.15, 0.2) is 97.1 Å². The maximum Gasteiger partial charge on any atom is 0.127 e. The largest absolute Gasteiger partial charge is 0.457 e. The molecule has 0 radical (unpaired) electrons. The summed E-state index contributed by atoms with van der Waals surface area (Å²) in [6, 6.07) is 31.9. The van der Waals surface area contributed by atoms with Crippen LogP contribution in [0, 0.1) is 0 Å². The molecular weight excluding hydrogens is 456 g/mol. The van der Waals surface area contributed by atoms with E-state index >= 15 is 0 Å². The Kier molecular flexibility index (Phi) is 8.73. The number of nitrogen functional groups attached to an aromatic ring is 2. The van der Waals surface area contributed by atoms with Gasteiger partial charge in [0.05, 0.1) is 0 Å². The van der Waals surface area contributed by atoms with Gasteiger partial charge in [-0.25, -0.2) is 0 Å². The molecule has 0 bridgehead atoms. The molecule has 0 saturated carbocycles. The van der Waals surface area contributed by atoms with Crippen LogP contribution in [-0.2, 0) is 5.41 Å². The summed E-state index contributed by atoms with van der Waals surface area (Å²) < 4.78 is 12.1. The van der Waals surface area contributed by atoms with Gasteiger partial charge in [-0.2, -0.15) is 0 Å². The second-order valence-electron chi connectivity index (χ2n) is 9.89. The van der Waals surface area contributed by atoms with Crippen LogP contribution in [0.4, 0.5) is 11.4 Å². The summed E-state index contributed by atoms with van der Waals surface area (Å²) in [5, 5.41) is 0. The smallest absolute Gasteiger partial charge is 0.127 e. The molecule has 0 atom stereocenters. The Labute approximate surface area is 221 Å². The summed E-state index contributed by atoms with van der Waals surface area (Å²) in [5.74, 6) is 3.17. The molecule has 4 nitrogen and oxygen atoms in total. The van der Waals surface area contributed by atoms with Crippen LogP contribution < -0.4 is 20.9 Å². The molecule has 4 aromatic rings. The maximum atomic E-state index is 6.03. The second kappa shape index (κ2) is 12.4. The molecule has 0 spiro atoms. The minimum absolute atomic E-state index is 0.119. The van der Waals surface area contributed by atoms with Crippen molar-refractivity contribution in [3.05, 3.63) is 108 Å². The van der Waals surface area contributed by atoms with Gasteiger partial charge < -0.3 is 20.9 Å². The summed E-state index contributed by atoms with van der Waals surface area (Å²) in [5.41, 5.74) is 15.5. The van der Waals surface area contributed by atoms with Gasteiger partial charge in [-0.3, -0.25) is 0 Å². The zero-order valence-electron chi connectivity index (χ0n) is 22.0. The first-order valence-electron chi connectivity index (χ1n) is 13.2. The average molecular weight is 495 g/mol. The van der Waals surface area contributed by atoms with Crippen molar-refractivity contribution in [2.75, 3.05) is 11.5 Å². The van der Waals surface area contributed by atoms with E-state index in [0.29, 0.717) is 0 Å². The Balaban J connectivity index is 1.53. The Morgan fingerprint density at radius 1 is 0.514 bits per heavy atom. The van der Waals surface area contributed by atoms with Gasteiger partial charge in [0.1, 0.15) is 23.0 Å². The summed E-state index contributed by atoms with van der Waals surface area (Å²) in [6.45, 7) is 4.60. The second-order valence-corrected chi connectivity index (χ2v) is 9.89. The third-order valence-electron chi connectivity index (χ3n) is 6.99. The first-order valence-corrected chi connectivity index (χ1v) is 13.2. The molecule has 0 aromatic heterocycles. The van der Waals surface area contributed by atoms with Gasteiger partial charge in [0.2, 0.25) is 0 Å². The lowest BCUT2D eigenvalue weighted by Gasteiger charge is -2.31. The minimum Gasteiger partial charge on any atom is -0.457 e. The zero-order chi connectivity index (χ0) is 26.1. The molecule has 0 aliphatic carbocycles. The van der Waals surface area contributed by atoms with Crippen LogP contribution in [0.1, 0.15) is 63.5 Å². The van der Waals surface area contributed by atoms with E-state index in [1.54, 1.807) is 0 Å². The van der Waals surface area contributed by atoms with Crippen molar-refractivity contribution in [3.8, 4) is 23.0 Å². The normalized spacial score (nSPS) is 11.3. The SMILES string of the molecule is CCCCCCCC(C)(c1ccc(Oc2ccc(N)cc2)cc1)c1ccc(Oc2ccc(N)cc2)cc1. The van der Waals surface area contributed by atoms with E-state index in [9.17, 15) is 0 Å². The van der Waals surface area contributed by atoms with E-state index < -0.39 is 0 Å². The molecule has 4 aromatic carbocycles. The Morgan fingerprint density at radius 2 is 0.865 bits per heavy atom. The number of hydrogen-bond acceptors (Lipinski definition) is 4. The van der Waals surface area contributed by atoms with Gasteiger partial charge in [-0.15, -0.1) is 0 Å². The van der Waals surface area contributed by atoms with E-state index in [4.69, 9.17) is 20.9 Å². The molecule has 4 N–H and O–H groups in total. The molecule has 0 aliphatic heterocycles. The van der Waals surface area contributed by atoms with Crippen molar-refractivity contribution < 1.29 is 9.47 Å². The highest BCUT2D eigenvalue weighted by molar-refractivity contribution is 5.47. The van der Waals surface area contributed by atoms with Crippen LogP contribution in [0.25, 0.3) is 0 Å². The predicted octanol–water partition coefficient (Wildman–Crippen LogP) is 9.10. The Bertz CT molecular complexity index is 1140. The molecular formula is C33H38N2O2. The molecule has 0 amide bonds. The summed E-state index contributed by atoms with van der Waals surface area (Å²) >= 11 is 0. The third kappa shape index (κ3) is 7.07. The number of ether oxygens (including phenoxy) is 2.